The van der Waals surface area contributed by atoms with Crippen LogP contribution in [0.1, 0.15) is 31.5 Å². The highest BCUT2D eigenvalue weighted by molar-refractivity contribution is 5.35. The summed E-state index contributed by atoms with van der Waals surface area (Å²) in [5, 5.41) is 7.77. The summed E-state index contributed by atoms with van der Waals surface area (Å²) in [7, 11) is 0. The number of rotatable bonds is 6. The Hall–Kier alpha value is -1.68. The van der Waals surface area contributed by atoms with Gasteiger partial charge in [0, 0.05) is 17.8 Å². The van der Waals surface area contributed by atoms with Crippen molar-refractivity contribution in [1.29, 1.82) is 0 Å². The van der Waals surface area contributed by atoms with Gasteiger partial charge in [-0.2, -0.15) is 5.10 Å². The summed E-state index contributed by atoms with van der Waals surface area (Å²) in [6.45, 7) is 6.00. The van der Waals surface area contributed by atoms with Gasteiger partial charge in [-0.3, -0.25) is 0 Å². The van der Waals surface area contributed by atoms with Crippen LogP contribution in [0.2, 0.25) is 0 Å². The minimum Gasteiger partial charge on any atom is -0.313 e. The van der Waals surface area contributed by atoms with Crippen molar-refractivity contribution >= 4 is 0 Å². The molecule has 1 N–H and O–H groups in total. The van der Waals surface area contributed by atoms with Crippen molar-refractivity contribution in [1.82, 2.24) is 15.1 Å². The van der Waals surface area contributed by atoms with Crippen LogP contribution >= 0.6 is 0 Å². The molecule has 4 heteroatoms. The molecule has 19 heavy (non-hydrogen) atoms. The van der Waals surface area contributed by atoms with Crippen LogP contribution in [-0.4, -0.2) is 16.3 Å². The summed E-state index contributed by atoms with van der Waals surface area (Å²) >= 11 is 0. The first-order valence-corrected chi connectivity index (χ1v) is 6.78. The average molecular weight is 261 g/mol. The molecule has 1 aromatic heterocycles. The van der Waals surface area contributed by atoms with Crippen molar-refractivity contribution < 1.29 is 4.39 Å². The minimum atomic E-state index is -0.221. The molecule has 0 bridgehead atoms. The van der Waals surface area contributed by atoms with Gasteiger partial charge < -0.3 is 5.32 Å². The summed E-state index contributed by atoms with van der Waals surface area (Å²) in [4.78, 5) is 0. The van der Waals surface area contributed by atoms with E-state index in [2.05, 4.69) is 24.3 Å². The zero-order chi connectivity index (χ0) is 13.7. The largest absolute Gasteiger partial charge is 0.313 e. The number of nitrogens with zero attached hydrogens (tertiary/aromatic N) is 2. The van der Waals surface area contributed by atoms with Crippen molar-refractivity contribution in [2.45, 2.75) is 33.2 Å². The molecule has 2 aromatic rings. The van der Waals surface area contributed by atoms with Gasteiger partial charge in [-0.15, -0.1) is 0 Å². The molecule has 1 aromatic carbocycles. The number of aromatic nitrogens is 2. The Balaban J connectivity index is 2.33. The fourth-order valence-electron chi connectivity index (χ4n) is 2.12. The second-order valence-electron chi connectivity index (χ2n) is 4.54. The van der Waals surface area contributed by atoms with Crippen LogP contribution in [0.5, 0.6) is 0 Å². The molecule has 1 heterocycles. The van der Waals surface area contributed by atoms with Crippen molar-refractivity contribution in [3.8, 4) is 5.69 Å². The van der Waals surface area contributed by atoms with Crippen LogP contribution in [0.15, 0.2) is 30.5 Å². The molecule has 0 saturated heterocycles. The van der Waals surface area contributed by atoms with E-state index in [0.717, 1.165) is 31.6 Å². The molecule has 2 rings (SSSR count). The van der Waals surface area contributed by atoms with E-state index in [1.54, 1.807) is 12.1 Å². The predicted molar refractivity (Wildman–Crippen MR) is 74.9 cm³/mol. The maximum Gasteiger partial charge on any atom is 0.123 e. The van der Waals surface area contributed by atoms with E-state index in [1.807, 2.05) is 10.9 Å². The summed E-state index contributed by atoms with van der Waals surface area (Å²) in [5.41, 5.74) is 3.33. The molecule has 0 amide bonds. The van der Waals surface area contributed by atoms with E-state index in [0.29, 0.717) is 0 Å². The minimum absolute atomic E-state index is 0.221. The molecule has 0 saturated carbocycles. The van der Waals surface area contributed by atoms with E-state index in [1.165, 1.54) is 23.4 Å². The molecule has 0 radical (unpaired) electrons. The van der Waals surface area contributed by atoms with Gasteiger partial charge in [-0.25, -0.2) is 9.07 Å². The third-order valence-electron chi connectivity index (χ3n) is 3.08. The van der Waals surface area contributed by atoms with Gasteiger partial charge >= 0.3 is 0 Å². The highest BCUT2D eigenvalue weighted by atomic mass is 19.1. The van der Waals surface area contributed by atoms with Gasteiger partial charge in [-0.05, 0) is 37.2 Å². The number of halogens is 1. The fourth-order valence-corrected chi connectivity index (χ4v) is 2.12. The molecule has 102 valence electrons. The highest BCUT2D eigenvalue weighted by Crippen LogP contribution is 2.17. The molecular formula is C15H20FN3. The topological polar surface area (TPSA) is 29.9 Å². The van der Waals surface area contributed by atoms with E-state index in [4.69, 9.17) is 0 Å². The Kier molecular flexibility index (Phi) is 4.68. The average Bonchev–Trinajstić information content (AvgIpc) is 2.81. The first-order chi connectivity index (χ1) is 9.26. The lowest BCUT2D eigenvalue weighted by molar-refractivity contribution is 0.626. The molecule has 0 fully saturated rings. The van der Waals surface area contributed by atoms with Gasteiger partial charge in [0.05, 0.1) is 11.9 Å². The molecule has 0 unspecified atom stereocenters. The molecule has 0 aliphatic rings. The van der Waals surface area contributed by atoms with Crippen LogP contribution in [0.3, 0.4) is 0 Å². The Morgan fingerprint density at radius 3 is 2.58 bits per heavy atom. The van der Waals surface area contributed by atoms with Crippen molar-refractivity contribution in [2.75, 3.05) is 6.54 Å². The molecule has 3 nitrogen and oxygen atoms in total. The van der Waals surface area contributed by atoms with E-state index < -0.39 is 0 Å². The lowest BCUT2D eigenvalue weighted by Crippen LogP contribution is -2.13. The summed E-state index contributed by atoms with van der Waals surface area (Å²) in [5.74, 6) is -0.221. The SMILES string of the molecule is CCCc1c(CNCC)cnn1-c1ccc(F)cc1. The highest BCUT2D eigenvalue weighted by Gasteiger charge is 2.11. The van der Waals surface area contributed by atoms with E-state index in [9.17, 15) is 4.39 Å². The Labute approximate surface area is 113 Å². The van der Waals surface area contributed by atoms with Crippen LogP contribution in [0, 0.1) is 5.82 Å². The summed E-state index contributed by atoms with van der Waals surface area (Å²) < 4.78 is 14.9. The van der Waals surface area contributed by atoms with E-state index >= 15 is 0 Å². The lowest BCUT2D eigenvalue weighted by atomic mass is 10.1. The Morgan fingerprint density at radius 2 is 1.95 bits per heavy atom. The number of hydrogen-bond acceptors (Lipinski definition) is 2. The van der Waals surface area contributed by atoms with Gasteiger partial charge in [-0.1, -0.05) is 20.3 Å². The molecule has 0 atom stereocenters. The summed E-state index contributed by atoms with van der Waals surface area (Å²) in [6.07, 6.45) is 3.93. The second kappa shape index (κ2) is 6.48. The summed E-state index contributed by atoms with van der Waals surface area (Å²) in [6, 6.07) is 6.46. The molecule has 0 aliphatic heterocycles. The fraction of sp³-hybridized carbons (Fsp3) is 0.400. The lowest BCUT2D eigenvalue weighted by Gasteiger charge is -2.09. The van der Waals surface area contributed by atoms with Crippen LogP contribution in [-0.2, 0) is 13.0 Å². The van der Waals surface area contributed by atoms with Crippen molar-refractivity contribution in [3.05, 3.63) is 47.5 Å². The number of nitrogens with one attached hydrogen (secondary N) is 1. The zero-order valence-electron chi connectivity index (χ0n) is 11.5. The zero-order valence-corrected chi connectivity index (χ0v) is 11.5. The second-order valence-corrected chi connectivity index (χ2v) is 4.54. The molecule has 0 aliphatic carbocycles. The van der Waals surface area contributed by atoms with Gasteiger partial charge in [0.25, 0.3) is 0 Å². The Morgan fingerprint density at radius 1 is 1.21 bits per heavy atom. The normalized spacial score (nSPS) is 10.9. The van der Waals surface area contributed by atoms with Gasteiger partial charge in [0.2, 0.25) is 0 Å². The smallest absolute Gasteiger partial charge is 0.123 e. The third kappa shape index (κ3) is 3.20. The molecular weight excluding hydrogens is 241 g/mol. The first kappa shape index (κ1) is 13.7. The number of benzene rings is 1. The van der Waals surface area contributed by atoms with Crippen molar-refractivity contribution in [2.24, 2.45) is 0 Å². The quantitative estimate of drug-likeness (QED) is 0.866. The maximum atomic E-state index is 13.0. The first-order valence-electron chi connectivity index (χ1n) is 6.78. The molecule has 0 spiro atoms. The van der Waals surface area contributed by atoms with Crippen molar-refractivity contribution in [3.63, 3.8) is 0 Å². The monoisotopic (exact) mass is 261 g/mol. The van der Waals surface area contributed by atoms with Gasteiger partial charge in [0.1, 0.15) is 5.82 Å². The standard InChI is InChI=1S/C15H20FN3/c1-3-5-15-12(10-17-4-2)11-18-19(15)14-8-6-13(16)7-9-14/h6-9,11,17H,3-5,10H2,1-2H3. The van der Waals surface area contributed by atoms with Gasteiger partial charge in [0.15, 0.2) is 0 Å². The van der Waals surface area contributed by atoms with E-state index in [-0.39, 0.29) is 5.82 Å². The Bertz CT molecular complexity index is 517. The third-order valence-corrected chi connectivity index (χ3v) is 3.08. The number of hydrogen-bond donors (Lipinski definition) is 1. The van der Waals surface area contributed by atoms with Crippen LogP contribution in [0.25, 0.3) is 5.69 Å². The van der Waals surface area contributed by atoms with Crippen LogP contribution in [0.4, 0.5) is 4.39 Å². The maximum absolute atomic E-state index is 13.0. The van der Waals surface area contributed by atoms with Crippen LogP contribution < -0.4 is 5.32 Å². The predicted octanol–water partition coefficient (Wildman–Crippen LogP) is 3.07.